The van der Waals surface area contributed by atoms with E-state index in [1.165, 1.54) is 0 Å². The molecule has 1 unspecified atom stereocenters. The predicted molar refractivity (Wildman–Crippen MR) is 86.7 cm³/mol. The van der Waals surface area contributed by atoms with E-state index >= 15 is 0 Å². The van der Waals surface area contributed by atoms with E-state index in [2.05, 4.69) is 6.58 Å². The van der Waals surface area contributed by atoms with Crippen LogP contribution in [0.2, 0.25) is 0 Å². The summed E-state index contributed by atoms with van der Waals surface area (Å²) in [5, 5.41) is 9.78. The highest BCUT2D eigenvalue weighted by Crippen LogP contribution is 2.39. The number of ether oxygens (including phenoxy) is 2. The number of aliphatic hydroxyl groups excluding tert-OH is 1. The van der Waals surface area contributed by atoms with Crippen LogP contribution in [-0.4, -0.2) is 48.4 Å². The number of hydrogen-bond donors (Lipinski definition) is 1. The number of carbonyl (C=O) groups is 1. The molecule has 0 radical (unpaired) electrons. The lowest BCUT2D eigenvalue weighted by atomic mass is 10.1. The molecular weight excluding hydrogens is 296 g/mol. The second kappa shape index (κ2) is 6.50. The fourth-order valence-electron chi connectivity index (χ4n) is 3.03. The van der Waals surface area contributed by atoms with Gasteiger partial charge in [-0.2, -0.15) is 0 Å². The van der Waals surface area contributed by atoms with E-state index in [9.17, 15) is 9.90 Å². The molecule has 3 rings (SSSR count). The fraction of sp³-hybridized carbons (Fsp3) is 0.471. The first-order valence-electron chi connectivity index (χ1n) is 7.82. The van der Waals surface area contributed by atoms with Crippen molar-refractivity contribution in [3.05, 3.63) is 30.4 Å². The Balaban J connectivity index is 2.00. The van der Waals surface area contributed by atoms with Crippen molar-refractivity contribution < 1.29 is 19.4 Å². The Hall–Kier alpha value is -2.21. The molecule has 0 saturated carbocycles. The number of rotatable bonds is 4. The SMILES string of the molecule is C=CCN1Cc2cc3c(cc2N(CC(C)O)CCC1=O)OCO3. The summed E-state index contributed by atoms with van der Waals surface area (Å²) in [6.07, 6.45) is 1.67. The van der Waals surface area contributed by atoms with Crippen molar-refractivity contribution in [1.82, 2.24) is 4.90 Å². The van der Waals surface area contributed by atoms with Crippen LogP contribution in [0.3, 0.4) is 0 Å². The Morgan fingerprint density at radius 1 is 1.35 bits per heavy atom. The molecule has 0 fully saturated rings. The van der Waals surface area contributed by atoms with E-state index in [1.54, 1.807) is 17.9 Å². The van der Waals surface area contributed by atoms with Crippen LogP contribution < -0.4 is 14.4 Å². The first-order valence-corrected chi connectivity index (χ1v) is 7.82. The normalized spacial score (nSPS) is 18.3. The summed E-state index contributed by atoms with van der Waals surface area (Å²) in [6.45, 7) is 7.73. The highest BCUT2D eigenvalue weighted by atomic mass is 16.7. The molecule has 1 aromatic carbocycles. The minimum Gasteiger partial charge on any atom is -0.454 e. The average molecular weight is 318 g/mol. The van der Waals surface area contributed by atoms with Crippen LogP contribution in [0.25, 0.3) is 0 Å². The molecule has 2 aliphatic rings. The molecule has 1 aromatic rings. The summed E-state index contributed by atoms with van der Waals surface area (Å²) in [7, 11) is 0. The van der Waals surface area contributed by atoms with E-state index in [-0.39, 0.29) is 12.7 Å². The van der Waals surface area contributed by atoms with Crippen LogP contribution >= 0.6 is 0 Å². The zero-order chi connectivity index (χ0) is 16.4. The zero-order valence-electron chi connectivity index (χ0n) is 13.3. The number of amides is 1. The highest BCUT2D eigenvalue weighted by molar-refractivity contribution is 5.78. The highest BCUT2D eigenvalue weighted by Gasteiger charge is 2.26. The minimum absolute atomic E-state index is 0.0869. The smallest absolute Gasteiger partial charge is 0.231 e. The molecule has 0 spiro atoms. The largest absolute Gasteiger partial charge is 0.454 e. The van der Waals surface area contributed by atoms with Gasteiger partial charge in [-0.25, -0.2) is 0 Å². The van der Waals surface area contributed by atoms with Gasteiger partial charge in [0.15, 0.2) is 11.5 Å². The Morgan fingerprint density at radius 3 is 2.78 bits per heavy atom. The Bertz CT molecular complexity index is 615. The van der Waals surface area contributed by atoms with E-state index in [0.717, 1.165) is 11.3 Å². The van der Waals surface area contributed by atoms with Gasteiger partial charge in [0.1, 0.15) is 0 Å². The summed E-state index contributed by atoms with van der Waals surface area (Å²) in [5.74, 6) is 1.50. The molecule has 6 nitrogen and oxygen atoms in total. The van der Waals surface area contributed by atoms with Gasteiger partial charge >= 0.3 is 0 Å². The molecular formula is C17H22N2O4. The number of β-amino-alcohol motifs (C(OH)–C–C–N with tert-alkyl or cyclic N) is 1. The van der Waals surface area contributed by atoms with Crippen molar-refractivity contribution in [2.24, 2.45) is 0 Å². The van der Waals surface area contributed by atoms with Crippen LogP contribution in [0.15, 0.2) is 24.8 Å². The summed E-state index contributed by atoms with van der Waals surface area (Å²) in [4.78, 5) is 16.2. The molecule has 0 aliphatic carbocycles. The minimum atomic E-state index is -0.480. The van der Waals surface area contributed by atoms with Crippen LogP contribution in [0, 0.1) is 0 Å². The molecule has 0 saturated heterocycles. The molecule has 124 valence electrons. The van der Waals surface area contributed by atoms with Gasteiger partial charge in [0.25, 0.3) is 0 Å². The monoisotopic (exact) mass is 318 g/mol. The molecule has 23 heavy (non-hydrogen) atoms. The number of fused-ring (bicyclic) bond motifs is 2. The van der Waals surface area contributed by atoms with Gasteiger partial charge in [-0.15, -0.1) is 6.58 Å². The molecule has 1 amide bonds. The van der Waals surface area contributed by atoms with Crippen LogP contribution in [0.4, 0.5) is 5.69 Å². The molecule has 2 aliphatic heterocycles. The summed E-state index contributed by atoms with van der Waals surface area (Å²) < 4.78 is 10.9. The lowest BCUT2D eigenvalue weighted by Crippen LogP contribution is -2.40. The second-order valence-corrected chi connectivity index (χ2v) is 5.94. The van der Waals surface area contributed by atoms with Gasteiger partial charge in [0, 0.05) is 44.4 Å². The van der Waals surface area contributed by atoms with Gasteiger partial charge in [0.2, 0.25) is 12.7 Å². The van der Waals surface area contributed by atoms with Crippen molar-refractivity contribution in [1.29, 1.82) is 0 Å². The van der Waals surface area contributed by atoms with Gasteiger partial charge in [-0.3, -0.25) is 4.79 Å². The predicted octanol–water partition coefficient (Wildman–Crippen LogP) is 1.52. The third kappa shape index (κ3) is 3.27. The quantitative estimate of drug-likeness (QED) is 0.853. The number of nitrogens with zero attached hydrogens (tertiary/aromatic N) is 2. The molecule has 2 heterocycles. The van der Waals surface area contributed by atoms with E-state index < -0.39 is 6.10 Å². The second-order valence-electron chi connectivity index (χ2n) is 5.94. The molecule has 6 heteroatoms. The first kappa shape index (κ1) is 15.7. The van der Waals surface area contributed by atoms with E-state index in [4.69, 9.17) is 9.47 Å². The van der Waals surface area contributed by atoms with Crippen molar-refractivity contribution in [2.45, 2.75) is 26.0 Å². The van der Waals surface area contributed by atoms with Crippen molar-refractivity contribution in [3.8, 4) is 11.5 Å². The number of anilines is 1. The van der Waals surface area contributed by atoms with Gasteiger partial charge < -0.3 is 24.4 Å². The van der Waals surface area contributed by atoms with Gasteiger partial charge in [-0.05, 0) is 18.6 Å². The fourth-order valence-corrected chi connectivity index (χ4v) is 3.03. The maximum absolute atomic E-state index is 12.4. The maximum atomic E-state index is 12.4. The lowest BCUT2D eigenvalue weighted by Gasteiger charge is -2.33. The Labute approximate surface area is 135 Å². The van der Waals surface area contributed by atoms with E-state index in [0.29, 0.717) is 44.1 Å². The first-order chi connectivity index (χ1) is 11.1. The topological polar surface area (TPSA) is 62.2 Å². The maximum Gasteiger partial charge on any atom is 0.231 e. The molecule has 0 aromatic heterocycles. The Morgan fingerprint density at radius 2 is 2.09 bits per heavy atom. The summed E-state index contributed by atoms with van der Waals surface area (Å²) in [5.41, 5.74) is 1.97. The Kier molecular flexibility index (Phi) is 4.43. The average Bonchev–Trinajstić information content (AvgIpc) is 2.95. The number of benzene rings is 1. The third-order valence-electron chi connectivity index (χ3n) is 4.06. The van der Waals surface area contributed by atoms with Crippen molar-refractivity contribution in [3.63, 3.8) is 0 Å². The lowest BCUT2D eigenvalue weighted by molar-refractivity contribution is -0.131. The van der Waals surface area contributed by atoms with Gasteiger partial charge in [0.05, 0.1) is 6.10 Å². The van der Waals surface area contributed by atoms with Crippen LogP contribution in [-0.2, 0) is 11.3 Å². The molecule has 1 atom stereocenters. The van der Waals surface area contributed by atoms with Crippen LogP contribution in [0.5, 0.6) is 11.5 Å². The summed E-state index contributed by atoms with van der Waals surface area (Å²) in [6, 6.07) is 3.88. The van der Waals surface area contributed by atoms with Crippen LogP contribution in [0.1, 0.15) is 18.9 Å². The van der Waals surface area contributed by atoms with Crippen molar-refractivity contribution in [2.75, 3.05) is 31.3 Å². The molecule has 1 N–H and O–H groups in total. The van der Waals surface area contributed by atoms with Crippen molar-refractivity contribution >= 4 is 11.6 Å². The standard InChI is InChI=1S/C17H22N2O4/c1-3-5-19-10-13-7-15-16(23-11-22-15)8-14(13)18(9-12(2)20)6-4-17(19)21/h3,7-8,12,20H,1,4-6,9-11H2,2H3. The number of hydrogen-bond acceptors (Lipinski definition) is 5. The number of carbonyl (C=O) groups excluding carboxylic acids is 1. The number of aliphatic hydroxyl groups is 1. The third-order valence-corrected chi connectivity index (χ3v) is 4.06. The zero-order valence-corrected chi connectivity index (χ0v) is 13.3. The van der Waals surface area contributed by atoms with E-state index in [1.807, 2.05) is 17.0 Å². The molecule has 0 bridgehead atoms. The van der Waals surface area contributed by atoms with Gasteiger partial charge in [-0.1, -0.05) is 6.08 Å². The summed E-state index contributed by atoms with van der Waals surface area (Å²) >= 11 is 0.